The van der Waals surface area contributed by atoms with Crippen LogP contribution in [0.5, 0.6) is 0 Å². The summed E-state index contributed by atoms with van der Waals surface area (Å²) < 4.78 is 1.65. The third-order valence-electron chi connectivity index (χ3n) is 1.78. The number of aromatic nitrogens is 2. The van der Waals surface area contributed by atoms with Gasteiger partial charge in [0.2, 0.25) is 0 Å². The van der Waals surface area contributed by atoms with Crippen LogP contribution in [-0.2, 0) is 7.05 Å². The quantitative estimate of drug-likeness (QED) is 0.523. The zero-order chi connectivity index (χ0) is 10.0. The number of allylic oxidation sites excluding steroid dienone is 1. The molecule has 1 aromatic rings. The molecule has 1 rings (SSSR count). The lowest BCUT2D eigenvalue weighted by atomic mass is 10.1. The van der Waals surface area contributed by atoms with Crippen molar-refractivity contribution in [1.29, 1.82) is 0 Å². The SMILES string of the molecule is C=C(C)CC(=O)c1cn(C)nc1C. The zero-order valence-corrected chi connectivity index (χ0v) is 8.29. The van der Waals surface area contributed by atoms with Gasteiger partial charge in [-0.2, -0.15) is 5.10 Å². The molecule has 0 radical (unpaired) electrons. The van der Waals surface area contributed by atoms with Crippen molar-refractivity contribution in [1.82, 2.24) is 9.78 Å². The molecule has 3 heteroatoms. The van der Waals surface area contributed by atoms with Crippen LogP contribution < -0.4 is 0 Å². The van der Waals surface area contributed by atoms with Gasteiger partial charge < -0.3 is 0 Å². The van der Waals surface area contributed by atoms with Crippen molar-refractivity contribution in [3.63, 3.8) is 0 Å². The fourth-order valence-electron chi connectivity index (χ4n) is 1.24. The normalized spacial score (nSPS) is 10.1. The molecule has 0 aliphatic carbocycles. The second-order valence-electron chi connectivity index (χ2n) is 3.36. The van der Waals surface area contributed by atoms with Gasteiger partial charge in [0.25, 0.3) is 0 Å². The van der Waals surface area contributed by atoms with Crippen LogP contribution in [0.3, 0.4) is 0 Å². The molecule has 0 bridgehead atoms. The maximum atomic E-state index is 11.6. The number of hydrogen-bond acceptors (Lipinski definition) is 2. The van der Waals surface area contributed by atoms with Crippen molar-refractivity contribution < 1.29 is 4.79 Å². The van der Waals surface area contributed by atoms with Gasteiger partial charge >= 0.3 is 0 Å². The molecule has 0 unspecified atom stereocenters. The van der Waals surface area contributed by atoms with Gasteiger partial charge in [-0.1, -0.05) is 12.2 Å². The Morgan fingerprint density at radius 3 is 2.69 bits per heavy atom. The van der Waals surface area contributed by atoms with Crippen LogP contribution in [0.15, 0.2) is 18.3 Å². The number of Topliss-reactive ketones (excluding diaryl/α,β-unsaturated/α-hetero) is 1. The Hall–Kier alpha value is -1.38. The average molecular weight is 178 g/mol. The Morgan fingerprint density at radius 2 is 2.31 bits per heavy atom. The Labute approximate surface area is 78.1 Å². The number of aryl methyl sites for hydroxylation is 2. The first-order chi connectivity index (χ1) is 6.00. The summed E-state index contributed by atoms with van der Waals surface area (Å²) in [6, 6.07) is 0. The number of rotatable bonds is 3. The zero-order valence-electron chi connectivity index (χ0n) is 8.29. The van der Waals surface area contributed by atoms with E-state index in [0.717, 1.165) is 11.3 Å². The lowest BCUT2D eigenvalue weighted by molar-refractivity contribution is 0.0992. The average Bonchev–Trinajstić information content (AvgIpc) is 2.28. The van der Waals surface area contributed by atoms with E-state index in [1.807, 2.05) is 20.9 Å². The van der Waals surface area contributed by atoms with E-state index in [-0.39, 0.29) is 5.78 Å². The molecule has 0 aromatic carbocycles. The van der Waals surface area contributed by atoms with E-state index in [1.165, 1.54) is 0 Å². The molecule has 1 aromatic heterocycles. The van der Waals surface area contributed by atoms with Crippen molar-refractivity contribution in [2.75, 3.05) is 0 Å². The molecule has 1 heterocycles. The third-order valence-corrected chi connectivity index (χ3v) is 1.78. The minimum absolute atomic E-state index is 0.0955. The number of carbonyl (C=O) groups is 1. The summed E-state index contributed by atoms with van der Waals surface area (Å²) >= 11 is 0. The molecule has 0 atom stereocenters. The highest BCUT2D eigenvalue weighted by Gasteiger charge is 2.11. The van der Waals surface area contributed by atoms with Crippen LogP contribution in [0, 0.1) is 6.92 Å². The highest BCUT2D eigenvalue weighted by Crippen LogP contribution is 2.10. The lowest BCUT2D eigenvalue weighted by Gasteiger charge is -1.96. The predicted octanol–water partition coefficient (Wildman–Crippen LogP) is 1.88. The van der Waals surface area contributed by atoms with E-state index in [9.17, 15) is 4.79 Å². The summed E-state index contributed by atoms with van der Waals surface area (Å²) in [4.78, 5) is 11.6. The Morgan fingerprint density at radius 1 is 1.69 bits per heavy atom. The minimum atomic E-state index is 0.0955. The fraction of sp³-hybridized carbons (Fsp3) is 0.400. The Bertz CT molecular complexity index is 350. The molecular weight excluding hydrogens is 164 g/mol. The van der Waals surface area contributed by atoms with Gasteiger partial charge in [-0.05, 0) is 13.8 Å². The summed E-state index contributed by atoms with van der Waals surface area (Å²) in [6.45, 7) is 7.40. The van der Waals surface area contributed by atoms with Crippen LogP contribution in [0.2, 0.25) is 0 Å². The molecule has 0 N–H and O–H groups in total. The first-order valence-corrected chi connectivity index (χ1v) is 4.18. The van der Waals surface area contributed by atoms with E-state index in [4.69, 9.17) is 0 Å². The van der Waals surface area contributed by atoms with Gasteiger partial charge in [-0.25, -0.2) is 0 Å². The van der Waals surface area contributed by atoms with Gasteiger partial charge in [0.05, 0.1) is 11.3 Å². The number of carbonyl (C=O) groups excluding carboxylic acids is 1. The smallest absolute Gasteiger partial charge is 0.170 e. The van der Waals surface area contributed by atoms with Crippen molar-refractivity contribution in [3.05, 3.63) is 29.6 Å². The van der Waals surface area contributed by atoms with Crippen molar-refractivity contribution >= 4 is 5.78 Å². The monoisotopic (exact) mass is 178 g/mol. The molecular formula is C10H14N2O. The van der Waals surface area contributed by atoms with E-state index in [2.05, 4.69) is 11.7 Å². The molecule has 0 spiro atoms. The molecule has 70 valence electrons. The Balaban J connectivity index is 2.88. The van der Waals surface area contributed by atoms with Crippen LogP contribution in [0.25, 0.3) is 0 Å². The lowest BCUT2D eigenvalue weighted by Crippen LogP contribution is -1.99. The second-order valence-corrected chi connectivity index (χ2v) is 3.36. The second kappa shape index (κ2) is 3.56. The van der Waals surface area contributed by atoms with Crippen LogP contribution in [0.4, 0.5) is 0 Å². The molecule has 0 fully saturated rings. The van der Waals surface area contributed by atoms with Gasteiger partial charge in [0.1, 0.15) is 0 Å². The minimum Gasteiger partial charge on any atom is -0.294 e. The van der Waals surface area contributed by atoms with Crippen LogP contribution >= 0.6 is 0 Å². The van der Waals surface area contributed by atoms with Crippen molar-refractivity contribution in [2.45, 2.75) is 20.3 Å². The number of nitrogens with zero attached hydrogens (tertiary/aromatic N) is 2. The highest BCUT2D eigenvalue weighted by atomic mass is 16.1. The van der Waals surface area contributed by atoms with Gasteiger partial charge in [0.15, 0.2) is 5.78 Å². The van der Waals surface area contributed by atoms with Crippen molar-refractivity contribution in [3.8, 4) is 0 Å². The first kappa shape index (κ1) is 9.71. The third kappa shape index (κ3) is 2.28. The van der Waals surface area contributed by atoms with Crippen LogP contribution in [0.1, 0.15) is 29.4 Å². The van der Waals surface area contributed by atoms with E-state index in [1.54, 1.807) is 10.9 Å². The maximum Gasteiger partial charge on any atom is 0.170 e. The van der Waals surface area contributed by atoms with E-state index in [0.29, 0.717) is 12.0 Å². The fourth-order valence-corrected chi connectivity index (χ4v) is 1.24. The summed E-state index contributed by atoms with van der Waals surface area (Å²) in [6.07, 6.45) is 2.16. The summed E-state index contributed by atoms with van der Waals surface area (Å²) in [7, 11) is 1.81. The summed E-state index contributed by atoms with van der Waals surface area (Å²) in [5.74, 6) is 0.0955. The molecule has 13 heavy (non-hydrogen) atoms. The van der Waals surface area contributed by atoms with Crippen LogP contribution in [-0.4, -0.2) is 15.6 Å². The predicted molar refractivity (Wildman–Crippen MR) is 51.7 cm³/mol. The summed E-state index contributed by atoms with van der Waals surface area (Å²) in [5, 5.41) is 4.11. The van der Waals surface area contributed by atoms with Gasteiger partial charge in [-0.15, -0.1) is 0 Å². The molecule has 0 saturated heterocycles. The highest BCUT2D eigenvalue weighted by molar-refractivity contribution is 5.98. The largest absolute Gasteiger partial charge is 0.294 e. The molecule has 0 aliphatic rings. The molecule has 0 aliphatic heterocycles. The van der Waals surface area contributed by atoms with Gasteiger partial charge in [0, 0.05) is 19.7 Å². The Kier molecular flexibility index (Phi) is 2.66. The summed E-state index contributed by atoms with van der Waals surface area (Å²) in [5.41, 5.74) is 2.37. The first-order valence-electron chi connectivity index (χ1n) is 4.18. The standard InChI is InChI=1S/C10H14N2O/c1-7(2)5-10(13)9-6-12(4)11-8(9)3/h6H,1,5H2,2-4H3. The number of ketones is 1. The van der Waals surface area contributed by atoms with E-state index >= 15 is 0 Å². The van der Waals surface area contributed by atoms with Crippen molar-refractivity contribution in [2.24, 2.45) is 7.05 Å². The maximum absolute atomic E-state index is 11.6. The number of hydrogen-bond donors (Lipinski definition) is 0. The molecule has 0 saturated carbocycles. The molecule has 3 nitrogen and oxygen atoms in total. The topological polar surface area (TPSA) is 34.9 Å². The van der Waals surface area contributed by atoms with E-state index < -0.39 is 0 Å². The van der Waals surface area contributed by atoms with Gasteiger partial charge in [-0.3, -0.25) is 9.48 Å². The molecule has 0 amide bonds.